The molecule has 1 aromatic heterocycles. The standard InChI is InChI=1S/C15H21N3S/c1-9-6-10(2)18(8-9)15-12(14(16)19)7-11-4-3-5-13(11)17-15/h7,9-10H,3-6,8H2,1-2H3,(H2,16,19). The monoisotopic (exact) mass is 275 g/mol. The first-order chi connectivity index (χ1) is 9.06. The normalized spacial score (nSPS) is 25.7. The fourth-order valence-electron chi connectivity index (χ4n) is 3.46. The summed E-state index contributed by atoms with van der Waals surface area (Å²) in [5.41, 5.74) is 9.48. The van der Waals surface area contributed by atoms with Crippen LogP contribution in [0.25, 0.3) is 0 Å². The number of aryl methyl sites for hydroxylation is 2. The van der Waals surface area contributed by atoms with Crippen LogP contribution in [-0.2, 0) is 12.8 Å². The molecule has 1 aliphatic heterocycles. The van der Waals surface area contributed by atoms with Gasteiger partial charge in [0.15, 0.2) is 0 Å². The molecule has 2 aliphatic rings. The molecule has 2 atom stereocenters. The number of aromatic nitrogens is 1. The number of fused-ring (bicyclic) bond motifs is 1. The van der Waals surface area contributed by atoms with Crippen molar-refractivity contribution in [1.82, 2.24) is 4.98 Å². The SMILES string of the molecule is CC1CC(C)N(c2nc3c(cc2C(N)=S)CCC3)C1. The smallest absolute Gasteiger partial charge is 0.139 e. The van der Waals surface area contributed by atoms with E-state index in [2.05, 4.69) is 24.8 Å². The molecule has 0 saturated carbocycles. The molecule has 0 amide bonds. The second-order valence-electron chi connectivity index (χ2n) is 6.03. The maximum atomic E-state index is 5.92. The lowest BCUT2D eigenvalue weighted by molar-refractivity contribution is 0.625. The van der Waals surface area contributed by atoms with Gasteiger partial charge in [0.05, 0.1) is 5.56 Å². The van der Waals surface area contributed by atoms with E-state index in [1.807, 2.05) is 0 Å². The zero-order chi connectivity index (χ0) is 13.6. The van der Waals surface area contributed by atoms with Crippen LogP contribution < -0.4 is 10.6 Å². The fraction of sp³-hybridized carbons (Fsp3) is 0.600. The lowest BCUT2D eigenvalue weighted by atomic mass is 10.1. The number of thiocarbonyl (C=S) groups is 1. The Kier molecular flexibility index (Phi) is 3.21. The van der Waals surface area contributed by atoms with Gasteiger partial charge in [-0.1, -0.05) is 19.1 Å². The van der Waals surface area contributed by atoms with E-state index in [1.165, 1.54) is 24.1 Å². The van der Waals surface area contributed by atoms with Crippen LogP contribution in [0.4, 0.5) is 5.82 Å². The Balaban J connectivity index is 2.06. The van der Waals surface area contributed by atoms with Crippen molar-refractivity contribution in [2.75, 3.05) is 11.4 Å². The predicted molar refractivity (Wildman–Crippen MR) is 82.7 cm³/mol. The van der Waals surface area contributed by atoms with E-state index in [1.54, 1.807) is 0 Å². The molecule has 0 spiro atoms. The van der Waals surface area contributed by atoms with Crippen molar-refractivity contribution in [2.45, 2.75) is 45.6 Å². The van der Waals surface area contributed by atoms with Gasteiger partial charge in [0.2, 0.25) is 0 Å². The van der Waals surface area contributed by atoms with Gasteiger partial charge in [-0.25, -0.2) is 4.98 Å². The molecule has 4 heteroatoms. The molecule has 1 aromatic rings. The molecule has 102 valence electrons. The van der Waals surface area contributed by atoms with Gasteiger partial charge >= 0.3 is 0 Å². The maximum absolute atomic E-state index is 5.92. The van der Waals surface area contributed by atoms with Crippen molar-refractivity contribution in [2.24, 2.45) is 11.7 Å². The molecule has 1 aliphatic carbocycles. The van der Waals surface area contributed by atoms with Crippen LogP contribution in [0, 0.1) is 5.92 Å². The minimum Gasteiger partial charge on any atom is -0.389 e. The number of rotatable bonds is 2. The van der Waals surface area contributed by atoms with Crippen molar-refractivity contribution < 1.29 is 0 Å². The minimum atomic E-state index is 0.476. The fourth-order valence-corrected chi connectivity index (χ4v) is 3.61. The first-order valence-electron chi connectivity index (χ1n) is 7.15. The van der Waals surface area contributed by atoms with Crippen LogP contribution in [0.1, 0.15) is 43.5 Å². The van der Waals surface area contributed by atoms with Crippen molar-refractivity contribution in [1.29, 1.82) is 0 Å². The van der Waals surface area contributed by atoms with Crippen LogP contribution in [0.3, 0.4) is 0 Å². The number of anilines is 1. The van der Waals surface area contributed by atoms with Crippen molar-refractivity contribution in [3.63, 3.8) is 0 Å². The van der Waals surface area contributed by atoms with Gasteiger partial charge in [0, 0.05) is 18.3 Å². The van der Waals surface area contributed by atoms with Crippen LogP contribution in [0.15, 0.2) is 6.07 Å². The molecule has 2 N–H and O–H groups in total. The van der Waals surface area contributed by atoms with Gasteiger partial charge in [-0.15, -0.1) is 0 Å². The lowest BCUT2D eigenvalue weighted by Crippen LogP contribution is -2.30. The Labute approximate surface area is 120 Å². The van der Waals surface area contributed by atoms with Gasteiger partial charge in [0.1, 0.15) is 10.8 Å². The molecule has 19 heavy (non-hydrogen) atoms. The summed E-state index contributed by atoms with van der Waals surface area (Å²) < 4.78 is 0. The largest absolute Gasteiger partial charge is 0.389 e. The average molecular weight is 275 g/mol. The summed E-state index contributed by atoms with van der Waals surface area (Å²) in [5, 5.41) is 0. The predicted octanol–water partition coefficient (Wildman–Crippen LogP) is 2.44. The highest BCUT2D eigenvalue weighted by Gasteiger charge is 2.30. The van der Waals surface area contributed by atoms with E-state index in [9.17, 15) is 0 Å². The summed E-state index contributed by atoms with van der Waals surface area (Å²) in [6.07, 6.45) is 4.63. The average Bonchev–Trinajstić information content (AvgIpc) is 2.92. The maximum Gasteiger partial charge on any atom is 0.139 e. The van der Waals surface area contributed by atoms with Gasteiger partial charge in [-0.3, -0.25) is 0 Å². The Morgan fingerprint density at radius 1 is 1.42 bits per heavy atom. The van der Waals surface area contributed by atoms with Gasteiger partial charge in [-0.2, -0.15) is 0 Å². The molecule has 1 saturated heterocycles. The highest BCUT2D eigenvalue weighted by atomic mass is 32.1. The molecule has 3 nitrogen and oxygen atoms in total. The van der Waals surface area contributed by atoms with Crippen molar-refractivity contribution in [3.8, 4) is 0 Å². The van der Waals surface area contributed by atoms with E-state index < -0.39 is 0 Å². The lowest BCUT2D eigenvalue weighted by Gasteiger charge is -2.25. The molecule has 0 bridgehead atoms. The van der Waals surface area contributed by atoms with Gasteiger partial charge < -0.3 is 10.6 Å². The van der Waals surface area contributed by atoms with Gasteiger partial charge in [0.25, 0.3) is 0 Å². The molecule has 1 fully saturated rings. The quantitative estimate of drug-likeness (QED) is 0.842. The Hall–Kier alpha value is -1.16. The zero-order valence-electron chi connectivity index (χ0n) is 11.6. The number of nitrogens with two attached hydrogens (primary N) is 1. The summed E-state index contributed by atoms with van der Waals surface area (Å²) in [5.74, 6) is 1.73. The van der Waals surface area contributed by atoms with E-state index in [4.69, 9.17) is 22.9 Å². The minimum absolute atomic E-state index is 0.476. The highest BCUT2D eigenvalue weighted by molar-refractivity contribution is 7.80. The molecule has 3 rings (SSSR count). The summed E-state index contributed by atoms with van der Waals surface area (Å²) in [4.78, 5) is 7.76. The molecule has 2 heterocycles. The molecule has 0 aromatic carbocycles. The first kappa shape index (κ1) is 12.9. The van der Waals surface area contributed by atoms with Crippen molar-refractivity contribution >= 4 is 23.0 Å². The van der Waals surface area contributed by atoms with E-state index in [0.717, 1.165) is 30.8 Å². The van der Waals surface area contributed by atoms with Crippen molar-refractivity contribution in [3.05, 3.63) is 22.9 Å². The van der Waals surface area contributed by atoms with Crippen LogP contribution in [0.5, 0.6) is 0 Å². The Morgan fingerprint density at radius 3 is 2.84 bits per heavy atom. The van der Waals surface area contributed by atoms with Crippen LogP contribution in [0.2, 0.25) is 0 Å². The second kappa shape index (κ2) is 4.75. The second-order valence-corrected chi connectivity index (χ2v) is 6.47. The topological polar surface area (TPSA) is 42.2 Å². The summed E-state index contributed by atoms with van der Waals surface area (Å²) in [7, 11) is 0. The molecular formula is C15H21N3S. The summed E-state index contributed by atoms with van der Waals surface area (Å²) >= 11 is 5.24. The van der Waals surface area contributed by atoms with Crippen LogP contribution >= 0.6 is 12.2 Å². The summed E-state index contributed by atoms with van der Waals surface area (Å²) in [6.45, 7) is 5.62. The zero-order valence-corrected chi connectivity index (χ0v) is 12.5. The third-order valence-electron chi connectivity index (χ3n) is 4.35. The van der Waals surface area contributed by atoms with E-state index in [-0.39, 0.29) is 0 Å². The number of hydrogen-bond donors (Lipinski definition) is 1. The van der Waals surface area contributed by atoms with Gasteiger partial charge in [-0.05, 0) is 50.2 Å². The summed E-state index contributed by atoms with van der Waals surface area (Å²) in [6, 6.07) is 2.71. The van der Waals surface area contributed by atoms with Crippen LogP contribution in [-0.4, -0.2) is 22.6 Å². The third kappa shape index (κ3) is 2.22. The van der Waals surface area contributed by atoms with E-state index in [0.29, 0.717) is 16.9 Å². The molecular weight excluding hydrogens is 254 g/mol. The molecule has 2 unspecified atom stereocenters. The number of pyridine rings is 1. The third-order valence-corrected chi connectivity index (χ3v) is 4.57. The number of nitrogens with zero attached hydrogens (tertiary/aromatic N) is 2. The van der Waals surface area contributed by atoms with E-state index >= 15 is 0 Å². The first-order valence-corrected chi connectivity index (χ1v) is 7.56. The Bertz CT molecular complexity index is 526. The highest BCUT2D eigenvalue weighted by Crippen LogP contribution is 2.33. The Morgan fingerprint density at radius 2 is 2.21 bits per heavy atom. The molecule has 0 radical (unpaired) electrons. The number of hydrogen-bond acceptors (Lipinski definition) is 3.